The summed E-state index contributed by atoms with van der Waals surface area (Å²) in [6, 6.07) is 3.74. The van der Waals surface area contributed by atoms with Crippen LogP contribution in [0.2, 0.25) is 5.02 Å². The first kappa shape index (κ1) is 15.5. The van der Waals surface area contributed by atoms with E-state index >= 15 is 0 Å². The van der Waals surface area contributed by atoms with Gasteiger partial charge in [0.25, 0.3) is 0 Å². The molecular weight excluding hydrogens is 302 g/mol. The van der Waals surface area contributed by atoms with E-state index < -0.39 is 0 Å². The number of benzene rings is 1. The van der Waals surface area contributed by atoms with Crippen LogP contribution in [-0.4, -0.2) is 19.1 Å². The van der Waals surface area contributed by atoms with E-state index in [2.05, 4.69) is 5.32 Å². The number of carbonyl (C=O) groups excluding carboxylic acids is 1. The van der Waals surface area contributed by atoms with Gasteiger partial charge >= 0.3 is 0 Å². The molecule has 4 nitrogen and oxygen atoms in total. The Morgan fingerprint density at radius 2 is 1.95 bits per heavy atom. The lowest BCUT2D eigenvalue weighted by Crippen LogP contribution is -2.24. The summed E-state index contributed by atoms with van der Waals surface area (Å²) < 4.78 is 11.3. The Morgan fingerprint density at radius 3 is 2.77 bits per heavy atom. The number of rotatable bonds is 4. The third kappa shape index (κ3) is 3.86. The summed E-state index contributed by atoms with van der Waals surface area (Å²) in [5.41, 5.74) is 0.939. The van der Waals surface area contributed by atoms with E-state index in [9.17, 15) is 4.79 Å². The van der Waals surface area contributed by atoms with Crippen LogP contribution in [0.15, 0.2) is 12.1 Å². The van der Waals surface area contributed by atoms with Gasteiger partial charge in [-0.1, -0.05) is 24.4 Å². The van der Waals surface area contributed by atoms with Crippen LogP contribution in [0.5, 0.6) is 11.5 Å². The standard InChI is InChI=1S/C17H22ClNO3/c18-14-8-13(9-15-17(14)22-7-3-6-21-15)11-19-16(20)10-12-4-1-2-5-12/h8-9,12H,1-7,10-11H2,(H,19,20). The predicted octanol–water partition coefficient (Wildman–Crippen LogP) is 3.70. The molecule has 5 heteroatoms. The molecule has 0 saturated heterocycles. The molecule has 2 aliphatic rings. The van der Waals surface area contributed by atoms with E-state index in [-0.39, 0.29) is 5.91 Å². The second kappa shape index (κ2) is 7.23. The number of ether oxygens (including phenoxy) is 2. The highest BCUT2D eigenvalue weighted by atomic mass is 35.5. The SMILES string of the molecule is O=C(CC1CCCC1)NCc1cc(Cl)c2c(c1)OCCCO2. The smallest absolute Gasteiger partial charge is 0.220 e. The molecule has 0 bridgehead atoms. The van der Waals surface area contributed by atoms with Gasteiger partial charge in [-0.25, -0.2) is 0 Å². The van der Waals surface area contributed by atoms with Gasteiger partial charge in [0.05, 0.1) is 18.2 Å². The highest BCUT2D eigenvalue weighted by molar-refractivity contribution is 6.32. The summed E-state index contributed by atoms with van der Waals surface area (Å²) in [6.07, 6.45) is 6.37. The molecule has 1 amide bonds. The van der Waals surface area contributed by atoms with E-state index in [1.165, 1.54) is 25.7 Å². The van der Waals surface area contributed by atoms with Gasteiger partial charge in [-0.3, -0.25) is 4.79 Å². The summed E-state index contributed by atoms with van der Waals surface area (Å²) in [5, 5.41) is 3.52. The van der Waals surface area contributed by atoms with E-state index in [0.717, 1.165) is 12.0 Å². The molecule has 1 heterocycles. The molecule has 0 atom stereocenters. The molecular formula is C17H22ClNO3. The van der Waals surface area contributed by atoms with Crippen molar-refractivity contribution in [3.05, 3.63) is 22.7 Å². The van der Waals surface area contributed by atoms with Crippen molar-refractivity contribution >= 4 is 17.5 Å². The predicted molar refractivity (Wildman–Crippen MR) is 85.5 cm³/mol. The molecule has 1 N–H and O–H groups in total. The normalized spacial score (nSPS) is 18.0. The maximum Gasteiger partial charge on any atom is 0.220 e. The lowest BCUT2D eigenvalue weighted by Gasteiger charge is -2.13. The van der Waals surface area contributed by atoms with Crippen LogP contribution in [0.25, 0.3) is 0 Å². The van der Waals surface area contributed by atoms with E-state index in [0.29, 0.717) is 48.6 Å². The average molecular weight is 324 g/mol. The molecule has 0 unspecified atom stereocenters. The molecule has 1 saturated carbocycles. The fourth-order valence-corrected chi connectivity index (χ4v) is 3.42. The first-order valence-electron chi connectivity index (χ1n) is 8.07. The monoisotopic (exact) mass is 323 g/mol. The number of amides is 1. The van der Waals surface area contributed by atoms with Crippen LogP contribution in [0.3, 0.4) is 0 Å². The minimum Gasteiger partial charge on any atom is -0.489 e. The largest absolute Gasteiger partial charge is 0.489 e. The van der Waals surface area contributed by atoms with Gasteiger partial charge in [0.2, 0.25) is 5.91 Å². The second-order valence-corrected chi connectivity index (χ2v) is 6.49. The first-order valence-corrected chi connectivity index (χ1v) is 8.45. The van der Waals surface area contributed by atoms with Crippen molar-refractivity contribution in [3.63, 3.8) is 0 Å². The third-order valence-electron chi connectivity index (χ3n) is 4.30. The fourth-order valence-electron chi connectivity index (χ4n) is 3.14. The van der Waals surface area contributed by atoms with Crippen LogP contribution in [-0.2, 0) is 11.3 Å². The third-order valence-corrected chi connectivity index (χ3v) is 4.58. The molecule has 1 aliphatic heterocycles. The quantitative estimate of drug-likeness (QED) is 0.919. The lowest BCUT2D eigenvalue weighted by molar-refractivity contribution is -0.122. The van der Waals surface area contributed by atoms with Crippen molar-refractivity contribution in [2.75, 3.05) is 13.2 Å². The van der Waals surface area contributed by atoms with Crippen LogP contribution in [0.1, 0.15) is 44.1 Å². The average Bonchev–Trinajstić information content (AvgIpc) is 2.88. The van der Waals surface area contributed by atoms with Gasteiger partial charge in [0.15, 0.2) is 11.5 Å². The molecule has 120 valence electrons. The number of hydrogen-bond acceptors (Lipinski definition) is 3. The molecule has 1 aromatic carbocycles. The summed E-state index contributed by atoms with van der Waals surface area (Å²) in [6.45, 7) is 1.72. The summed E-state index contributed by atoms with van der Waals surface area (Å²) in [7, 11) is 0. The Kier molecular flexibility index (Phi) is 5.08. The number of carbonyl (C=O) groups is 1. The van der Waals surface area contributed by atoms with Gasteiger partial charge in [0.1, 0.15) is 0 Å². The molecule has 0 radical (unpaired) electrons. The molecule has 22 heavy (non-hydrogen) atoms. The summed E-state index contributed by atoms with van der Waals surface area (Å²) in [5.74, 6) is 1.97. The Hall–Kier alpha value is -1.42. The van der Waals surface area contributed by atoms with E-state index in [1.54, 1.807) is 0 Å². The van der Waals surface area contributed by atoms with E-state index in [1.807, 2.05) is 12.1 Å². The number of hydrogen-bond donors (Lipinski definition) is 1. The minimum absolute atomic E-state index is 0.120. The molecule has 1 aromatic rings. The van der Waals surface area contributed by atoms with Crippen LogP contribution in [0.4, 0.5) is 0 Å². The van der Waals surface area contributed by atoms with E-state index in [4.69, 9.17) is 21.1 Å². The summed E-state index contributed by atoms with van der Waals surface area (Å²) in [4.78, 5) is 12.0. The van der Waals surface area contributed by atoms with Crippen molar-refractivity contribution in [2.24, 2.45) is 5.92 Å². The lowest BCUT2D eigenvalue weighted by atomic mass is 10.0. The number of nitrogens with one attached hydrogen (secondary N) is 1. The van der Waals surface area contributed by atoms with Crippen LogP contribution in [0, 0.1) is 5.92 Å². The van der Waals surface area contributed by atoms with Crippen molar-refractivity contribution < 1.29 is 14.3 Å². The maximum absolute atomic E-state index is 12.0. The Labute approximate surface area is 136 Å². The zero-order valence-corrected chi connectivity index (χ0v) is 13.5. The zero-order chi connectivity index (χ0) is 15.4. The maximum atomic E-state index is 12.0. The van der Waals surface area contributed by atoms with Gasteiger partial charge in [-0.2, -0.15) is 0 Å². The highest BCUT2D eigenvalue weighted by Gasteiger charge is 2.19. The molecule has 3 rings (SSSR count). The number of halogens is 1. The van der Waals surface area contributed by atoms with Crippen molar-refractivity contribution in [1.82, 2.24) is 5.32 Å². The van der Waals surface area contributed by atoms with Crippen molar-refractivity contribution in [3.8, 4) is 11.5 Å². The van der Waals surface area contributed by atoms with Crippen molar-refractivity contribution in [1.29, 1.82) is 0 Å². The van der Waals surface area contributed by atoms with Crippen LogP contribution >= 0.6 is 11.6 Å². The molecule has 1 fully saturated rings. The van der Waals surface area contributed by atoms with Gasteiger partial charge in [-0.05, 0) is 36.5 Å². The number of fused-ring (bicyclic) bond motifs is 1. The van der Waals surface area contributed by atoms with Gasteiger partial charge in [0, 0.05) is 19.4 Å². The molecule has 0 spiro atoms. The Morgan fingerprint density at radius 1 is 1.18 bits per heavy atom. The van der Waals surface area contributed by atoms with Gasteiger partial charge < -0.3 is 14.8 Å². The Balaban J connectivity index is 1.59. The topological polar surface area (TPSA) is 47.6 Å². The molecule has 1 aliphatic carbocycles. The summed E-state index contributed by atoms with van der Waals surface area (Å²) >= 11 is 6.25. The second-order valence-electron chi connectivity index (χ2n) is 6.09. The van der Waals surface area contributed by atoms with Crippen molar-refractivity contribution in [2.45, 2.75) is 45.1 Å². The Bertz CT molecular complexity index is 541. The molecule has 0 aromatic heterocycles. The van der Waals surface area contributed by atoms with Crippen LogP contribution < -0.4 is 14.8 Å². The first-order chi connectivity index (χ1) is 10.7. The minimum atomic E-state index is 0.120. The highest BCUT2D eigenvalue weighted by Crippen LogP contribution is 2.38. The van der Waals surface area contributed by atoms with Gasteiger partial charge in [-0.15, -0.1) is 0 Å². The zero-order valence-electron chi connectivity index (χ0n) is 12.7. The fraction of sp³-hybridized carbons (Fsp3) is 0.588.